The molecule has 0 saturated heterocycles. The third kappa shape index (κ3) is 3.70. The van der Waals surface area contributed by atoms with Gasteiger partial charge in [0.15, 0.2) is 5.78 Å². The number of ether oxygens (including phenoxy) is 2. The van der Waals surface area contributed by atoms with Gasteiger partial charge in [-0.2, -0.15) is 0 Å². The number of halogens is 1. The maximum absolute atomic E-state index is 11.6. The quantitative estimate of drug-likeness (QED) is 0.765. The zero-order valence-corrected chi connectivity index (χ0v) is 10.2. The zero-order valence-electron chi connectivity index (χ0n) is 8.57. The van der Waals surface area contributed by atoms with Crippen molar-refractivity contribution >= 4 is 21.7 Å². The molecular formula is C10H12BrNO3. The normalized spacial score (nSPS) is 10.7. The largest absolute Gasteiger partial charge is 0.349 e. The molecule has 0 aliphatic carbocycles. The van der Waals surface area contributed by atoms with Gasteiger partial charge in [0.1, 0.15) is 0 Å². The van der Waals surface area contributed by atoms with Crippen molar-refractivity contribution in [2.24, 2.45) is 0 Å². The van der Waals surface area contributed by atoms with E-state index in [-0.39, 0.29) is 12.2 Å². The summed E-state index contributed by atoms with van der Waals surface area (Å²) in [5, 5.41) is 0. The molecule has 1 heterocycles. The molecule has 4 nitrogen and oxygen atoms in total. The molecule has 0 radical (unpaired) electrons. The Hall–Kier alpha value is -0.780. The smallest absolute Gasteiger partial charge is 0.217 e. The fraction of sp³-hybridized carbons (Fsp3) is 0.400. The Balaban J connectivity index is 2.65. The van der Waals surface area contributed by atoms with Crippen LogP contribution in [-0.4, -0.2) is 31.3 Å². The molecule has 15 heavy (non-hydrogen) atoms. The number of ketones is 1. The average molecular weight is 274 g/mol. The molecule has 5 heteroatoms. The minimum Gasteiger partial charge on any atom is -0.349 e. The summed E-state index contributed by atoms with van der Waals surface area (Å²) in [7, 11) is 2.87. The molecule has 0 N–H and O–H groups in total. The van der Waals surface area contributed by atoms with E-state index in [1.54, 1.807) is 12.4 Å². The number of carbonyl (C=O) groups is 1. The van der Waals surface area contributed by atoms with Crippen LogP contribution < -0.4 is 0 Å². The third-order valence-electron chi connectivity index (χ3n) is 1.83. The Kier molecular flexibility index (Phi) is 4.87. The number of methoxy groups -OCH3 is 2. The first kappa shape index (κ1) is 12.3. The molecule has 82 valence electrons. The van der Waals surface area contributed by atoms with Crippen LogP contribution in [-0.2, 0) is 20.7 Å². The van der Waals surface area contributed by atoms with Crippen molar-refractivity contribution in [3.63, 3.8) is 0 Å². The summed E-state index contributed by atoms with van der Waals surface area (Å²) in [6.07, 6.45) is 2.76. The van der Waals surface area contributed by atoms with Gasteiger partial charge in [-0.25, -0.2) is 0 Å². The van der Waals surface area contributed by atoms with Crippen LogP contribution in [0.4, 0.5) is 0 Å². The molecule has 0 amide bonds. The second-order valence-electron chi connectivity index (χ2n) is 2.96. The monoisotopic (exact) mass is 273 g/mol. The van der Waals surface area contributed by atoms with Crippen LogP contribution in [0.1, 0.15) is 5.56 Å². The van der Waals surface area contributed by atoms with Gasteiger partial charge in [-0.1, -0.05) is 0 Å². The number of hydrogen-bond donors (Lipinski definition) is 0. The topological polar surface area (TPSA) is 48.4 Å². The molecule has 0 aliphatic heterocycles. The van der Waals surface area contributed by atoms with Crippen molar-refractivity contribution < 1.29 is 14.3 Å². The Labute approximate surface area is 96.7 Å². The Morgan fingerprint density at radius 1 is 1.47 bits per heavy atom. The van der Waals surface area contributed by atoms with Gasteiger partial charge < -0.3 is 9.47 Å². The highest BCUT2D eigenvalue weighted by Crippen LogP contribution is 2.11. The van der Waals surface area contributed by atoms with Gasteiger partial charge in [0, 0.05) is 37.5 Å². The molecule has 0 fully saturated rings. The van der Waals surface area contributed by atoms with Crippen molar-refractivity contribution in [2.45, 2.75) is 12.7 Å². The van der Waals surface area contributed by atoms with E-state index in [9.17, 15) is 4.79 Å². The summed E-state index contributed by atoms with van der Waals surface area (Å²) < 4.78 is 10.6. The number of nitrogens with zero attached hydrogens (tertiary/aromatic N) is 1. The van der Waals surface area contributed by atoms with Crippen LogP contribution in [0.15, 0.2) is 22.9 Å². The number of rotatable bonds is 5. The minimum atomic E-state index is -0.802. The molecule has 0 aliphatic rings. The summed E-state index contributed by atoms with van der Waals surface area (Å²) in [4.78, 5) is 15.6. The first-order valence-corrected chi connectivity index (χ1v) is 5.14. The van der Waals surface area contributed by atoms with Crippen molar-refractivity contribution in [3.8, 4) is 0 Å². The van der Waals surface area contributed by atoms with Gasteiger partial charge in [0.2, 0.25) is 6.29 Å². The molecule has 0 spiro atoms. The second-order valence-corrected chi connectivity index (χ2v) is 3.87. The van der Waals surface area contributed by atoms with Crippen molar-refractivity contribution in [2.75, 3.05) is 14.2 Å². The highest BCUT2D eigenvalue weighted by molar-refractivity contribution is 9.10. The van der Waals surface area contributed by atoms with Gasteiger partial charge in [0.25, 0.3) is 0 Å². The van der Waals surface area contributed by atoms with Crippen molar-refractivity contribution in [1.82, 2.24) is 4.98 Å². The Morgan fingerprint density at radius 3 is 2.67 bits per heavy atom. The van der Waals surface area contributed by atoms with Crippen LogP contribution in [0.25, 0.3) is 0 Å². The van der Waals surface area contributed by atoms with Gasteiger partial charge in [-0.15, -0.1) is 0 Å². The van der Waals surface area contributed by atoms with E-state index in [2.05, 4.69) is 20.9 Å². The summed E-state index contributed by atoms with van der Waals surface area (Å²) in [6, 6.07) is 1.84. The zero-order chi connectivity index (χ0) is 11.3. The van der Waals surface area contributed by atoms with E-state index >= 15 is 0 Å². The van der Waals surface area contributed by atoms with Gasteiger partial charge in [-0.3, -0.25) is 9.78 Å². The first-order valence-electron chi connectivity index (χ1n) is 4.35. The molecule has 0 unspecified atom stereocenters. The number of aromatic nitrogens is 1. The number of Topliss-reactive ketones (excluding diaryl/α,β-unsaturated/α-hetero) is 1. The fourth-order valence-corrected chi connectivity index (χ4v) is 1.61. The Bertz CT molecular complexity index is 339. The second kappa shape index (κ2) is 5.95. The number of hydrogen-bond acceptors (Lipinski definition) is 4. The number of carbonyl (C=O) groups excluding carboxylic acids is 1. The average Bonchev–Trinajstić information content (AvgIpc) is 2.19. The van der Waals surface area contributed by atoms with Crippen LogP contribution in [0, 0.1) is 0 Å². The van der Waals surface area contributed by atoms with Crippen molar-refractivity contribution in [3.05, 3.63) is 28.5 Å². The summed E-state index contributed by atoms with van der Waals surface area (Å²) in [5.74, 6) is -0.125. The van der Waals surface area contributed by atoms with Crippen LogP contribution in [0.5, 0.6) is 0 Å². The summed E-state index contributed by atoms with van der Waals surface area (Å²) >= 11 is 3.29. The molecule has 1 aromatic heterocycles. The van der Waals surface area contributed by atoms with Crippen LogP contribution in [0.3, 0.4) is 0 Å². The molecule has 1 aromatic rings. The predicted molar refractivity (Wildman–Crippen MR) is 58.5 cm³/mol. The van der Waals surface area contributed by atoms with Gasteiger partial charge in [-0.05, 0) is 27.6 Å². The van der Waals surface area contributed by atoms with Crippen molar-refractivity contribution in [1.29, 1.82) is 0 Å². The first-order chi connectivity index (χ1) is 7.17. The Morgan fingerprint density at radius 2 is 2.13 bits per heavy atom. The molecule has 0 bridgehead atoms. The summed E-state index contributed by atoms with van der Waals surface area (Å²) in [5.41, 5.74) is 0.827. The highest BCUT2D eigenvalue weighted by Gasteiger charge is 2.16. The standard InChI is InChI=1S/C10H12BrNO3/c1-14-10(15-2)9(13)4-7-3-8(11)6-12-5-7/h3,5-6,10H,4H2,1-2H3. The van der Waals surface area contributed by atoms with Gasteiger partial charge in [0.05, 0.1) is 0 Å². The van der Waals surface area contributed by atoms with E-state index in [1.165, 1.54) is 14.2 Å². The van der Waals surface area contributed by atoms with Gasteiger partial charge >= 0.3 is 0 Å². The highest BCUT2D eigenvalue weighted by atomic mass is 79.9. The molecule has 0 aromatic carbocycles. The van der Waals surface area contributed by atoms with E-state index in [0.717, 1.165) is 10.0 Å². The minimum absolute atomic E-state index is 0.125. The van der Waals surface area contributed by atoms with E-state index in [0.29, 0.717) is 0 Å². The lowest BCUT2D eigenvalue weighted by Gasteiger charge is -2.11. The lowest BCUT2D eigenvalue weighted by Crippen LogP contribution is -2.26. The molecule has 0 atom stereocenters. The van der Waals surface area contributed by atoms with E-state index < -0.39 is 6.29 Å². The fourth-order valence-electron chi connectivity index (χ4n) is 1.20. The maximum atomic E-state index is 11.6. The molecule has 0 saturated carbocycles. The van der Waals surface area contributed by atoms with Crippen LogP contribution >= 0.6 is 15.9 Å². The van der Waals surface area contributed by atoms with Crippen LogP contribution in [0.2, 0.25) is 0 Å². The number of pyridine rings is 1. The maximum Gasteiger partial charge on any atom is 0.217 e. The lowest BCUT2D eigenvalue weighted by molar-refractivity contribution is -0.155. The third-order valence-corrected chi connectivity index (χ3v) is 2.26. The van der Waals surface area contributed by atoms with E-state index in [1.807, 2.05) is 6.07 Å². The van der Waals surface area contributed by atoms with E-state index in [4.69, 9.17) is 9.47 Å². The SMILES string of the molecule is COC(OC)C(=O)Cc1cncc(Br)c1. The predicted octanol–water partition coefficient (Wildman–Crippen LogP) is 1.57. The molecular weight excluding hydrogens is 262 g/mol. The lowest BCUT2D eigenvalue weighted by atomic mass is 10.1. The summed E-state index contributed by atoms with van der Waals surface area (Å²) in [6.45, 7) is 0. The molecule has 1 rings (SSSR count).